The van der Waals surface area contributed by atoms with Gasteiger partial charge in [0.15, 0.2) is 0 Å². The van der Waals surface area contributed by atoms with Gasteiger partial charge in [-0.25, -0.2) is 0 Å². The van der Waals surface area contributed by atoms with E-state index in [0.29, 0.717) is 35.5 Å². The van der Waals surface area contributed by atoms with Crippen molar-refractivity contribution >= 4 is 35.0 Å². The smallest absolute Gasteiger partial charge is 0.269 e. The molecule has 0 unspecified atom stereocenters. The van der Waals surface area contributed by atoms with Crippen LogP contribution in [0.4, 0.5) is 5.69 Å². The van der Waals surface area contributed by atoms with Crippen molar-refractivity contribution in [1.82, 2.24) is 10.9 Å². The van der Waals surface area contributed by atoms with Gasteiger partial charge >= 0.3 is 0 Å². The van der Waals surface area contributed by atoms with Crippen LogP contribution in [0.5, 0.6) is 0 Å². The van der Waals surface area contributed by atoms with Crippen molar-refractivity contribution in [2.24, 2.45) is 0 Å². The summed E-state index contributed by atoms with van der Waals surface area (Å²) in [6, 6.07) is 11.5. The molecular weight excluding hydrogens is 354 g/mol. The minimum Gasteiger partial charge on any atom is -0.312 e. The summed E-state index contributed by atoms with van der Waals surface area (Å²) < 4.78 is 0. The van der Waals surface area contributed by atoms with Gasteiger partial charge in [-0.05, 0) is 54.4 Å². The molecule has 0 saturated heterocycles. The van der Waals surface area contributed by atoms with Crippen LogP contribution < -0.4 is 15.8 Å². The third kappa shape index (κ3) is 3.70. The third-order valence-electron chi connectivity index (χ3n) is 4.24. The molecule has 2 N–H and O–H groups in total. The van der Waals surface area contributed by atoms with E-state index in [1.807, 2.05) is 6.92 Å². The zero-order valence-electron chi connectivity index (χ0n) is 14.2. The fourth-order valence-corrected chi connectivity index (χ4v) is 2.98. The van der Waals surface area contributed by atoms with Crippen LogP contribution in [-0.2, 0) is 11.2 Å². The lowest BCUT2D eigenvalue weighted by Crippen LogP contribution is -2.41. The van der Waals surface area contributed by atoms with Crippen molar-refractivity contribution < 1.29 is 14.4 Å². The predicted molar refractivity (Wildman–Crippen MR) is 99.2 cm³/mol. The molecule has 0 fully saturated rings. The molecule has 0 atom stereocenters. The minimum absolute atomic E-state index is 0.0659. The van der Waals surface area contributed by atoms with Crippen LogP contribution in [0, 0.1) is 0 Å². The number of nitrogens with one attached hydrogen (secondary N) is 2. The normalized spacial score (nSPS) is 12.5. The van der Waals surface area contributed by atoms with Gasteiger partial charge < -0.3 is 4.90 Å². The molecule has 1 aliphatic heterocycles. The Balaban J connectivity index is 1.65. The second-order valence-electron chi connectivity index (χ2n) is 5.91. The Bertz CT molecular complexity index is 865. The number of carbonyl (C=O) groups excluding carboxylic acids is 3. The number of halogens is 1. The Morgan fingerprint density at radius 3 is 2.27 bits per heavy atom. The molecule has 2 aromatic carbocycles. The summed E-state index contributed by atoms with van der Waals surface area (Å²) in [7, 11) is 0. The predicted octanol–water partition coefficient (Wildman–Crippen LogP) is 2.71. The number of hydrogen-bond donors (Lipinski definition) is 2. The molecule has 6 nitrogen and oxygen atoms in total. The molecule has 3 rings (SSSR count). The molecule has 0 aromatic heterocycles. The zero-order valence-corrected chi connectivity index (χ0v) is 15.0. The van der Waals surface area contributed by atoms with Gasteiger partial charge in [0.25, 0.3) is 11.8 Å². The molecule has 26 heavy (non-hydrogen) atoms. The van der Waals surface area contributed by atoms with E-state index in [-0.39, 0.29) is 5.91 Å². The Labute approximate surface area is 156 Å². The van der Waals surface area contributed by atoms with Crippen LogP contribution in [-0.4, -0.2) is 24.3 Å². The van der Waals surface area contributed by atoms with Crippen LogP contribution in [0.15, 0.2) is 42.5 Å². The molecule has 0 saturated carbocycles. The molecule has 0 radical (unpaired) electrons. The van der Waals surface area contributed by atoms with E-state index < -0.39 is 11.8 Å². The minimum atomic E-state index is -0.434. The monoisotopic (exact) mass is 371 g/mol. The fraction of sp³-hybridized carbons (Fsp3) is 0.211. The molecule has 134 valence electrons. The van der Waals surface area contributed by atoms with Gasteiger partial charge in [0.2, 0.25) is 5.91 Å². The van der Waals surface area contributed by atoms with Gasteiger partial charge in [-0.3, -0.25) is 25.2 Å². The molecule has 3 amide bonds. The van der Waals surface area contributed by atoms with Crippen molar-refractivity contribution in [2.75, 3.05) is 11.4 Å². The molecule has 0 aliphatic carbocycles. The van der Waals surface area contributed by atoms with Crippen molar-refractivity contribution in [2.45, 2.75) is 19.8 Å². The molecule has 7 heteroatoms. The van der Waals surface area contributed by atoms with Crippen molar-refractivity contribution in [3.8, 4) is 0 Å². The number of hydrazine groups is 1. The van der Waals surface area contributed by atoms with Crippen molar-refractivity contribution in [3.63, 3.8) is 0 Å². The average Bonchev–Trinajstić information content (AvgIpc) is 3.09. The van der Waals surface area contributed by atoms with Crippen LogP contribution >= 0.6 is 11.6 Å². The Hall–Kier alpha value is -2.86. The molecular formula is C19H18ClN3O3. The number of hydrogen-bond acceptors (Lipinski definition) is 3. The number of fused-ring (bicyclic) bond motifs is 1. The maximum absolute atomic E-state index is 12.3. The number of nitrogens with zero attached hydrogens (tertiary/aromatic N) is 1. The lowest BCUT2D eigenvalue weighted by molar-refractivity contribution is -0.118. The molecule has 1 heterocycles. The summed E-state index contributed by atoms with van der Waals surface area (Å²) in [6.45, 7) is 2.45. The first kappa shape index (κ1) is 17.9. The number of benzene rings is 2. The van der Waals surface area contributed by atoms with E-state index >= 15 is 0 Å². The van der Waals surface area contributed by atoms with Gasteiger partial charge in [0.1, 0.15) is 0 Å². The van der Waals surface area contributed by atoms with E-state index in [2.05, 4.69) is 10.9 Å². The van der Waals surface area contributed by atoms with Crippen LogP contribution in [0.25, 0.3) is 0 Å². The summed E-state index contributed by atoms with van der Waals surface area (Å²) in [4.78, 5) is 38.0. The molecule has 0 bridgehead atoms. The first-order valence-electron chi connectivity index (χ1n) is 8.29. The van der Waals surface area contributed by atoms with E-state index in [1.54, 1.807) is 47.4 Å². The third-order valence-corrected chi connectivity index (χ3v) is 4.49. The van der Waals surface area contributed by atoms with E-state index in [9.17, 15) is 14.4 Å². The molecule has 0 spiro atoms. The summed E-state index contributed by atoms with van der Waals surface area (Å²) in [5.41, 5.74) is 7.37. The van der Waals surface area contributed by atoms with Crippen LogP contribution in [0.1, 0.15) is 39.6 Å². The summed E-state index contributed by atoms with van der Waals surface area (Å²) in [6.07, 6.45) is 1.15. The SMILES string of the molecule is CCC(=O)N1CCc2cc(C(=O)NNC(=O)c3ccc(Cl)cc3)ccc21. The van der Waals surface area contributed by atoms with Gasteiger partial charge in [-0.2, -0.15) is 0 Å². The van der Waals surface area contributed by atoms with Gasteiger partial charge in [-0.1, -0.05) is 18.5 Å². The number of carbonyl (C=O) groups is 3. The number of anilines is 1. The largest absolute Gasteiger partial charge is 0.312 e. The van der Waals surface area contributed by atoms with Gasteiger partial charge in [0, 0.05) is 34.8 Å². The Morgan fingerprint density at radius 1 is 1.00 bits per heavy atom. The Morgan fingerprint density at radius 2 is 1.62 bits per heavy atom. The van der Waals surface area contributed by atoms with E-state index in [0.717, 1.165) is 11.3 Å². The standard InChI is InChI=1S/C19H18ClN3O3/c1-2-17(24)23-10-9-13-11-14(5-8-16(13)23)19(26)22-21-18(25)12-3-6-15(20)7-4-12/h3-8,11H,2,9-10H2,1H3,(H,21,25)(H,22,26). The second-order valence-corrected chi connectivity index (χ2v) is 6.34. The number of rotatable bonds is 3. The zero-order chi connectivity index (χ0) is 18.7. The van der Waals surface area contributed by atoms with Gasteiger partial charge in [0.05, 0.1) is 0 Å². The first-order valence-corrected chi connectivity index (χ1v) is 8.67. The van der Waals surface area contributed by atoms with Crippen LogP contribution in [0.3, 0.4) is 0 Å². The number of amides is 3. The Kier molecular flexibility index (Phi) is 5.23. The van der Waals surface area contributed by atoms with Gasteiger partial charge in [-0.15, -0.1) is 0 Å². The summed E-state index contributed by atoms with van der Waals surface area (Å²) in [5.74, 6) is -0.789. The topological polar surface area (TPSA) is 78.5 Å². The summed E-state index contributed by atoms with van der Waals surface area (Å²) in [5, 5.41) is 0.527. The van der Waals surface area contributed by atoms with Crippen LogP contribution in [0.2, 0.25) is 5.02 Å². The quantitative estimate of drug-likeness (QED) is 0.814. The average molecular weight is 372 g/mol. The second kappa shape index (κ2) is 7.58. The maximum Gasteiger partial charge on any atom is 0.269 e. The molecule has 2 aromatic rings. The lowest BCUT2D eigenvalue weighted by Gasteiger charge is -2.16. The first-order chi connectivity index (χ1) is 12.5. The van der Waals surface area contributed by atoms with Crippen molar-refractivity contribution in [1.29, 1.82) is 0 Å². The highest BCUT2D eigenvalue weighted by molar-refractivity contribution is 6.30. The van der Waals surface area contributed by atoms with Crippen molar-refractivity contribution in [3.05, 3.63) is 64.2 Å². The van der Waals surface area contributed by atoms with E-state index in [4.69, 9.17) is 11.6 Å². The fourth-order valence-electron chi connectivity index (χ4n) is 2.85. The highest BCUT2D eigenvalue weighted by atomic mass is 35.5. The lowest BCUT2D eigenvalue weighted by atomic mass is 10.1. The highest BCUT2D eigenvalue weighted by Gasteiger charge is 2.24. The maximum atomic E-state index is 12.3. The summed E-state index contributed by atoms with van der Waals surface area (Å²) >= 11 is 5.78. The highest BCUT2D eigenvalue weighted by Crippen LogP contribution is 2.29. The molecule has 1 aliphatic rings. The van der Waals surface area contributed by atoms with E-state index in [1.165, 1.54) is 0 Å².